The molecule has 1 fully saturated rings. The van der Waals surface area contributed by atoms with E-state index in [4.69, 9.17) is 20.5 Å². The molecule has 1 saturated heterocycles. The monoisotopic (exact) mass is 383 g/mol. The van der Waals surface area contributed by atoms with Crippen molar-refractivity contribution in [3.8, 4) is 17.6 Å². The molecule has 0 saturated carbocycles. The van der Waals surface area contributed by atoms with Crippen molar-refractivity contribution in [1.82, 2.24) is 4.90 Å². The molecule has 2 N–H and O–H groups in total. The Kier molecular flexibility index (Phi) is 6.45. The zero-order valence-electron chi connectivity index (χ0n) is 15.4. The zero-order chi connectivity index (χ0) is 19.9. The number of amides is 1. The Morgan fingerprint density at radius 2 is 2.04 bits per heavy atom. The summed E-state index contributed by atoms with van der Waals surface area (Å²) in [5, 5.41) is 8.78. The lowest BCUT2D eigenvalue weighted by Crippen LogP contribution is -2.42. The molecule has 0 radical (unpaired) electrons. The Balaban J connectivity index is 1.53. The summed E-state index contributed by atoms with van der Waals surface area (Å²) in [6, 6.07) is 13.5. The van der Waals surface area contributed by atoms with E-state index in [2.05, 4.69) is 0 Å². The SMILES string of the molecule is N#Cc1ccc(OCc2cccc(OC3CCN(CC(N)=O)CC3)c2)c(F)c1. The molecule has 0 atom stereocenters. The maximum absolute atomic E-state index is 13.9. The number of nitrogens with zero attached hydrogens (tertiary/aromatic N) is 2. The second kappa shape index (κ2) is 9.20. The summed E-state index contributed by atoms with van der Waals surface area (Å²) < 4.78 is 25.5. The van der Waals surface area contributed by atoms with Crippen molar-refractivity contribution in [1.29, 1.82) is 5.26 Å². The van der Waals surface area contributed by atoms with Gasteiger partial charge in [0, 0.05) is 13.1 Å². The first kappa shape index (κ1) is 19.6. The maximum Gasteiger partial charge on any atom is 0.231 e. The van der Waals surface area contributed by atoms with Crippen molar-refractivity contribution in [3.05, 3.63) is 59.4 Å². The molecule has 0 aromatic heterocycles. The zero-order valence-corrected chi connectivity index (χ0v) is 15.4. The van der Waals surface area contributed by atoms with Crippen molar-refractivity contribution >= 4 is 5.91 Å². The van der Waals surface area contributed by atoms with Gasteiger partial charge in [-0.3, -0.25) is 9.69 Å². The van der Waals surface area contributed by atoms with Crippen molar-refractivity contribution < 1.29 is 18.7 Å². The first-order valence-electron chi connectivity index (χ1n) is 9.12. The number of halogens is 1. The molecule has 7 heteroatoms. The van der Waals surface area contributed by atoms with Crippen molar-refractivity contribution in [2.75, 3.05) is 19.6 Å². The molecular weight excluding hydrogens is 361 g/mol. The fourth-order valence-electron chi connectivity index (χ4n) is 3.16. The van der Waals surface area contributed by atoms with E-state index in [0.29, 0.717) is 0 Å². The van der Waals surface area contributed by atoms with Crippen LogP contribution in [0.5, 0.6) is 11.5 Å². The third kappa shape index (κ3) is 5.44. The first-order valence-corrected chi connectivity index (χ1v) is 9.12. The minimum absolute atomic E-state index is 0.0799. The number of hydrogen-bond donors (Lipinski definition) is 1. The Hall–Kier alpha value is -3.11. The summed E-state index contributed by atoms with van der Waals surface area (Å²) in [6.07, 6.45) is 1.73. The first-order chi connectivity index (χ1) is 13.5. The summed E-state index contributed by atoms with van der Waals surface area (Å²) in [5.41, 5.74) is 6.34. The fourth-order valence-corrected chi connectivity index (χ4v) is 3.16. The molecule has 3 rings (SSSR count). The number of hydrogen-bond acceptors (Lipinski definition) is 5. The van der Waals surface area contributed by atoms with Gasteiger partial charge in [0.05, 0.1) is 18.2 Å². The second-order valence-corrected chi connectivity index (χ2v) is 6.75. The molecule has 0 bridgehead atoms. The molecule has 1 aliphatic heterocycles. The lowest BCUT2D eigenvalue weighted by Gasteiger charge is -2.31. The number of benzene rings is 2. The third-order valence-corrected chi connectivity index (χ3v) is 4.57. The Bertz CT molecular complexity index is 873. The molecule has 28 heavy (non-hydrogen) atoms. The van der Waals surface area contributed by atoms with E-state index in [1.807, 2.05) is 35.2 Å². The van der Waals surface area contributed by atoms with Crippen LogP contribution in [0.3, 0.4) is 0 Å². The standard InChI is InChI=1S/C21H22FN3O3/c22-19-11-15(12-23)4-5-20(19)27-14-16-2-1-3-18(10-16)28-17-6-8-25(9-7-17)13-21(24)26/h1-5,10-11,17H,6-9,13-14H2,(H2,24,26). The molecule has 0 unspecified atom stereocenters. The summed E-state index contributed by atoms with van der Waals surface area (Å²) >= 11 is 0. The maximum atomic E-state index is 13.9. The van der Waals surface area contributed by atoms with Gasteiger partial charge in [0.15, 0.2) is 11.6 Å². The molecule has 0 aliphatic carbocycles. The minimum atomic E-state index is -0.561. The molecule has 146 valence electrons. The number of carbonyl (C=O) groups is 1. The van der Waals surface area contributed by atoms with E-state index in [1.54, 1.807) is 0 Å². The van der Waals surface area contributed by atoms with Crippen LogP contribution in [0.2, 0.25) is 0 Å². The smallest absolute Gasteiger partial charge is 0.231 e. The van der Waals surface area contributed by atoms with Crippen LogP contribution in [0.25, 0.3) is 0 Å². The quantitative estimate of drug-likeness (QED) is 0.794. The average molecular weight is 383 g/mol. The molecule has 1 amide bonds. The molecule has 0 spiro atoms. The third-order valence-electron chi connectivity index (χ3n) is 4.57. The Morgan fingerprint density at radius 1 is 1.25 bits per heavy atom. The van der Waals surface area contributed by atoms with Gasteiger partial charge >= 0.3 is 0 Å². The number of primary amides is 1. The van der Waals surface area contributed by atoms with E-state index in [9.17, 15) is 9.18 Å². The van der Waals surface area contributed by atoms with Gasteiger partial charge in [-0.15, -0.1) is 0 Å². The van der Waals surface area contributed by atoms with Crippen molar-refractivity contribution in [2.45, 2.75) is 25.6 Å². The highest BCUT2D eigenvalue weighted by Gasteiger charge is 2.21. The van der Waals surface area contributed by atoms with Gasteiger partial charge in [-0.05, 0) is 48.7 Å². The number of ether oxygens (including phenoxy) is 2. The number of nitrogens with two attached hydrogens (primary N) is 1. The van der Waals surface area contributed by atoms with Gasteiger partial charge in [0.1, 0.15) is 18.5 Å². The van der Waals surface area contributed by atoms with Crippen LogP contribution >= 0.6 is 0 Å². The number of carbonyl (C=O) groups excluding carboxylic acids is 1. The lowest BCUT2D eigenvalue weighted by molar-refractivity contribution is -0.119. The van der Waals surface area contributed by atoms with Gasteiger partial charge in [-0.1, -0.05) is 12.1 Å². The highest BCUT2D eigenvalue weighted by molar-refractivity contribution is 5.75. The molecule has 1 heterocycles. The van der Waals surface area contributed by atoms with Crippen molar-refractivity contribution in [2.24, 2.45) is 5.73 Å². The highest BCUT2D eigenvalue weighted by Crippen LogP contribution is 2.23. The largest absolute Gasteiger partial charge is 0.490 e. The topological polar surface area (TPSA) is 88.6 Å². The lowest BCUT2D eigenvalue weighted by atomic mass is 10.1. The van der Waals surface area contributed by atoms with Crippen LogP contribution in [0.1, 0.15) is 24.0 Å². The number of nitriles is 1. The average Bonchev–Trinajstić information content (AvgIpc) is 2.68. The molecular formula is C21H22FN3O3. The van der Waals surface area contributed by atoms with Crippen LogP contribution in [-0.2, 0) is 11.4 Å². The fraction of sp³-hybridized carbons (Fsp3) is 0.333. The Morgan fingerprint density at radius 3 is 2.71 bits per heavy atom. The predicted octanol–water partition coefficient (Wildman–Crippen LogP) is 2.60. The Labute approximate surface area is 163 Å². The number of piperidine rings is 1. The number of rotatable bonds is 7. The number of likely N-dealkylation sites (tertiary alicyclic amines) is 1. The summed E-state index contributed by atoms with van der Waals surface area (Å²) in [4.78, 5) is 13.0. The minimum Gasteiger partial charge on any atom is -0.490 e. The van der Waals surface area contributed by atoms with E-state index in [-0.39, 0.29) is 36.5 Å². The summed E-state index contributed by atoms with van der Waals surface area (Å²) in [7, 11) is 0. The van der Waals surface area contributed by atoms with Crippen molar-refractivity contribution in [3.63, 3.8) is 0 Å². The van der Waals surface area contributed by atoms with E-state index in [0.717, 1.165) is 43.3 Å². The van der Waals surface area contributed by atoms with Gasteiger partial charge in [-0.2, -0.15) is 5.26 Å². The van der Waals surface area contributed by atoms with Crippen LogP contribution < -0.4 is 15.2 Å². The van der Waals surface area contributed by atoms with Crippen LogP contribution in [0, 0.1) is 17.1 Å². The molecule has 2 aromatic carbocycles. The van der Waals surface area contributed by atoms with E-state index in [1.165, 1.54) is 12.1 Å². The summed E-state index contributed by atoms with van der Waals surface area (Å²) in [5.74, 6) is -0.0400. The highest BCUT2D eigenvalue weighted by atomic mass is 19.1. The molecule has 6 nitrogen and oxygen atoms in total. The normalized spacial score (nSPS) is 15.0. The van der Waals surface area contributed by atoms with E-state index < -0.39 is 5.82 Å². The van der Waals surface area contributed by atoms with Crippen LogP contribution in [0.4, 0.5) is 4.39 Å². The van der Waals surface area contributed by atoms with Crippen LogP contribution in [-0.4, -0.2) is 36.5 Å². The van der Waals surface area contributed by atoms with Gasteiger partial charge in [0.2, 0.25) is 5.91 Å². The van der Waals surface area contributed by atoms with Crippen LogP contribution in [0.15, 0.2) is 42.5 Å². The molecule has 2 aromatic rings. The van der Waals surface area contributed by atoms with Gasteiger partial charge < -0.3 is 15.2 Å². The molecule has 1 aliphatic rings. The van der Waals surface area contributed by atoms with Gasteiger partial charge in [0.25, 0.3) is 0 Å². The summed E-state index contributed by atoms with van der Waals surface area (Å²) in [6.45, 7) is 2.02. The predicted molar refractivity (Wildman–Crippen MR) is 101 cm³/mol. The van der Waals surface area contributed by atoms with Gasteiger partial charge in [-0.25, -0.2) is 4.39 Å². The van der Waals surface area contributed by atoms with E-state index >= 15 is 0 Å². The second-order valence-electron chi connectivity index (χ2n) is 6.75.